The monoisotopic (exact) mass is 386 g/mol. The van der Waals surface area contributed by atoms with Gasteiger partial charge in [0.1, 0.15) is 6.54 Å². The van der Waals surface area contributed by atoms with Gasteiger partial charge < -0.3 is 0 Å². The van der Waals surface area contributed by atoms with Crippen LogP contribution in [0.2, 0.25) is 0 Å². The van der Waals surface area contributed by atoms with Gasteiger partial charge in [-0.2, -0.15) is 0 Å². The van der Waals surface area contributed by atoms with Crippen molar-refractivity contribution in [1.82, 2.24) is 5.48 Å². The van der Waals surface area contributed by atoms with Gasteiger partial charge in [-0.15, -0.1) is 0 Å². The molecule has 0 atom stereocenters. The van der Waals surface area contributed by atoms with Crippen LogP contribution < -0.4 is 5.48 Å². The van der Waals surface area contributed by atoms with Crippen LogP contribution >= 0.6 is 15.9 Å². The molecule has 2 N–H and O–H groups in total. The number of carbonyl (C=O) groups excluding carboxylic acids is 2. The molecular formula is C18H15BrN2O3. The number of nitrogens with zero attached hydrogens (tertiary/aromatic N) is 1. The number of Topliss-reactive ketones (excluding diaryl/α,β-unsaturated/α-hetero) is 1. The lowest BCUT2D eigenvalue weighted by Crippen LogP contribution is -2.14. The summed E-state index contributed by atoms with van der Waals surface area (Å²) in [4.78, 5) is 27.1. The van der Waals surface area contributed by atoms with E-state index in [4.69, 9.17) is 5.21 Å². The van der Waals surface area contributed by atoms with E-state index in [0.29, 0.717) is 5.56 Å². The highest BCUT2D eigenvalue weighted by molar-refractivity contribution is 9.10. The van der Waals surface area contributed by atoms with Crippen LogP contribution in [0.4, 0.5) is 0 Å². The molecule has 2 rings (SSSR count). The van der Waals surface area contributed by atoms with Gasteiger partial charge in [0.25, 0.3) is 5.91 Å². The van der Waals surface area contributed by atoms with Crippen LogP contribution in [-0.4, -0.2) is 29.7 Å². The van der Waals surface area contributed by atoms with E-state index in [2.05, 4.69) is 20.9 Å². The number of ketones is 1. The SMILES string of the molecule is O=C(/C=C/c1ccc(C(=O)CN=Cc2ccc(Br)cc2)cc1)NO. The average molecular weight is 387 g/mol. The number of carbonyl (C=O) groups is 2. The zero-order valence-electron chi connectivity index (χ0n) is 12.6. The lowest BCUT2D eigenvalue weighted by atomic mass is 10.1. The second-order valence-electron chi connectivity index (χ2n) is 4.88. The summed E-state index contributed by atoms with van der Waals surface area (Å²) in [5.74, 6) is -0.704. The Bertz CT molecular complexity index is 766. The summed E-state index contributed by atoms with van der Waals surface area (Å²) in [6.45, 7) is 0.0676. The van der Waals surface area contributed by atoms with Crippen LogP contribution in [0.15, 0.2) is 64.1 Å². The Kier molecular flexibility index (Phi) is 6.60. The van der Waals surface area contributed by atoms with E-state index in [1.165, 1.54) is 17.6 Å². The Labute approximate surface area is 147 Å². The number of hydrogen-bond donors (Lipinski definition) is 2. The third-order valence-corrected chi connectivity index (χ3v) is 3.64. The fraction of sp³-hybridized carbons (Fsp3) is 0.0556. The highest BCUT2D eigenvalue weighted by atomic mass is 79.9. The van der Waals surface area contributed by atoms with Crippen LogP contribution in [0.3, 0.4) is 0 Å². The molecule has 0 saturated heterocycles. The zero-order chi connectivity index (χ0) is 17.4. The van der Waals surface area contributed by atoms with Crippen molar-refractivity contribution >= 4 is 39.9 Å². The molecule has 0 bridgehead atoms. The first kappa shape index (κ1) is 17.8. The molecule has 122 valence electrons. The Morgan fingerprint density at radius 2 is 1.67 bits per heavy atom. The van der Waals surface area contributed by atoms with Crippen molar-refractivity contribution in [3.05, 3.63) is 75.8 Å². The lowest BCUT2D eigenvalue weighted by Gasteiger charge is -1.99. The van der Waals surface area contributed by atoms with Crippen LogP contribution in [0.25, 0.3) is 6.08 Å². The lowest BCUT2D eigenvalue weighted by molar-refractivity contribution is -0.124. The van der Waals surface area contributed by atoms with Crippen molar-refractivity contribution in [2.75, 3.05) is 6.54 Å². The maximum Gasteiger partial charge on any atom is 0.267 e. The minimum Gasteiger partial charge on any atom is -0.292 e. The number of nitrogens with one attached hydrogen (secondary N) is 1. The van der Waals surface area contributed by atoms with Gasteiger partial charge >= 0.3 is 0 Å². The first-order valence-electron chi connectivity index (χ1n) is 7.09. The molecule has 5 nitrogen and oxygen atoms in total. The van der Waals surface area contributed by atoms with E-state index >= 15 is 0 Å². The van der Waals surface area contributed by atoms with Gasteiger partial charge in [0.05, 0.1) is 0 Å². The summed E-state index contributed by atoms with van der Waals surface area (Å²) in [5.41, 5.74) is 3.72. The molecule has 0 heterocycles. The number of hydrogen-bond acceptors (Lipinski definition) is 4. The van der Waals surface area contributed by atoms with Gasteiger partial charge in [0.15, 0.2) is 5.78 Å². The summed E-state index contributed by atoms with van der Waals surface area (Å²) in [6, 6.07) is 14.4. The van der Waals surface area contributed by atoms with Gasteiger partial charge in [-0.1, -0.05) is 52.3 Å². The maximum absolute atomic E-state index is 12.1. The van der Waals surface area contributed by atoms with Gasteiger partial charge in [-0.05, 0) is 29.3 Å². The first-order valence-corrected chi connectivity index (χ1v) is 7.88. The number of aliphatic imine (C=N–C) groups is 1. The molecule has 0 radical (unpaired) electrons. The van der Waals surface area contributed by atoms with Crippen LogP contribution in [0, 0.1) is 0 Å². The number of benzene rings is 2. The molecule has 6 heteroatoms. The summed E-state index contributed by atoms with van der Waals surface area (Å²) in [5, 5.41) is 8.40. The Hall–Kier alpha value is -2.57. The van der Waals surface area contributed by atoms with Gasteiger partial charge in [0, 0.05) is 22.3 Å². The molecule has 2 aromatic carbocycles. The van der Waals surface area contributed by atoms with Crippen molar-refractivity contribution in [2.45, 2.75) is 0 Å². The van der Waals surface area contributed by atoms with E-state index in [1.807, 2.05) is 24.3 Å². The first-order chi connectivity index (χ1) is 11.6. The Balaban J connectivity index is 1.93. The van der Waals surface area contributed by atoms with Crippen LogP contribution in [0.5, 0.6) is 0 Å². The van der Waals surface area contributed by atoms with Gasteiger partial charge in [-0.3, -0.25) is 19.8 Å². The topological polar surface area (TPSA) is 78.8 Å². The minimum absolute atomic E-state index is 0.0676. The van der Waals surface area contributed by atoms with E-state index < -0.39 is 5.91 Å². The fourth-order valence-electron chi connectivity index (χ4n) is 1.86. The van der Waals surface area contributed by atoms with Crippen molar-refractivity contribution in [2.24, 2.45) is 4.99 Å². The quantitative estimate of drug-likeness (QED) is 0.263. The molecule has 0 spiro atoms. The molecule has 0 fully saturated rings. The minimum atomic E-state index is -0.613. The van der Waals surface area contributed by atoms with Crippen LogP contribution in [-0.2, 0) is 4.79 Å². The summed E-state index contributed by atoms with van der Waals surface area (Å²) < 4.78 is 0.987. The molecule has 2 aromatic rings. The molecule has 0 aromatic heterocycles. The molecule has 0 saturated carbocycles. The fourth-order valence-corrected chi connectivity index (χ4v) is 2.13. The second kappa shape index (κ2) is 8.90. The van der Waals surface area contributed by atoms with Gasteiger partial charge in [-0.25, -0.2) is 5.48 Å². The van der Waals surface area contributed by atoms with Crippen LogP contribution in [0.1, 0.15) is 21.5 Å². The van der Waals surface area contributed by atoms with E-state index in [0.717, 1.165) is 15.6 Å². The van der Waals surface area contributed by atoms with Crippen molar-refractivity contribution in [3.63, 3.8) is 0 Å². The third-order valence-electron chi connectivity index (χ3n) is 3.12. The molecule has 1 amide bonds. The number of amides is 1. The van der Waals surface area contributed by atoms with E-state index in [-0.39, 0.29) is 12.3 Å². The largest absolute Gasteiger partial charge is 0.292 e. The molecule has 0 unspecified atom stereocenters. The maximum atomic E-state index is 12.1. The number of rotatable bonds is 6. The summed E-state index contributed by atoms with van der Waals surface area (Å²) >= 11 is 3.36. The van der Waals surface area contributed by atoms with E-state index in [9.17, 15) is 9.59 Å². The van der Waals surface area contributed by atoms with Gasteiger partial charge in [0.2, 0.25) is 0 Å². The molecule has 0 aliphatic rings. The molecule has 0 aliphatic heterocycles. The average Bonchev–Trinajstić information content (AvgIpc) is 2.61. The normalized spacial score (nSPS) is 11.1. The van der Waals surface area contributed by atoms with Crippen molar-refractivity contribution < 1.29 is 14.8 Å². The number of hydroxylamine groups is 1. The number of halogens is 1. The molecule has 0 aliphatic carbocycles. The smallest absolute Gasteiger partial charge is 0.267 e. The van der Waals surface area contributed by atoms with Crippen molar-refractivity contribution in [3.8, 4) is 0 Å². The molecular weight excluding hydrogens is 372 g/mol. The van der Waals surface area contributed by atoms with E-state index in [1.54, 1.807) is 30.5 Å². The standard InChI is InChI=1S/C18H15BrN2O3/c19-16-8-3-14(4-9-16)11-20-12-17(22)15-6-1-13(2-7-15)5-10-18(23)21-24/h1-11,24H,12H2,(H,21,23)/b10-5+,20-11?. The predicted molar refractivity (Wildman–Crippen MR) is 96.3 cm³/mol. The highest BCUT2D eigenvalue weighted by Crippen LogP contribution is 2.10. The third kappa shape index (κ3) is 5.57. The Morgan fingerprint density at radius 1 is 1.04 bits per heavy atom. The summed E-state index contributed by atoms with van der Waals surface area (Å²) in [6.07, 6.45) is 4.39. The molecule has 24 heavy (non-hydrogen) atoms. The van der Waals surface area contributed by atoms with Crippen molar-refractivity contribution in [1.29, 1.82) is 0 Å². The zero-order valence-corrected chi connectivity index (χ0v) is 14.2. The highest BCUT2D eigenvalue weighted by Gasteiger charge is 2.03. The summed E-state index contributed by atoms with van der Waals surface area (Å²) in [7, 11) is 0. The predicted octanol–water partition coefficient (Wildman–Crippen LogP) is 3.27. The second-order valence-corrected chi connectivity index (χ2v) is 5.79. The Morgan fingerprint density at radius 3 is 2.29 bits per heavy atom.